The summed E-state index contributed by atoms with van der Waals surface area (Å²) in [6.45, 7) is 3.12. The predicted molar refractivity (Wildman–Crippen MR) is 123 cm³/mol. The largest absolute Gasteiger partial charge is 0.493 e. The second kappa shape index (κ2) is 9.14. The van der Waals surface area contributed by atoms with E-state index in [1.165, 1.54) is 31.9 Å². The van der Waals surface area contributed by atoms with Crippen LogP contribution in [0, 0.1) is 5.82 Å². The van der Waals surface area contributed by atoms with Crippen LogP contribution in [-0.4, -0.2) is 48.2 Å². The lowest BCUT2D eigenvalue weighted by atomic mass is 9.86. The molecule has 2 aromatic carbocycles. The number of nitrogens with zero attached hydrogens (tertiary/aromatic N) is 2. The summed E-state index contributed by atoms with van der Waals surface area (Å²) in [6.07, 6.45) is 5.42. The third kappa shape index (κ3) is 4.34. The molecule has 2 atom stereocenters. The number of piperidine rings is 1. The van der Waals surface area contributed by atoms with Crippen molar-refractivity contribution in [3.05, 3.63) is 53.5 Å². The van der Waals surface area contributed by atoms with Gasteiger partial charge in [0.05, 0.1) is 19.4 Å². The Labute approximate surface area is 192 Å². The van der Waals surface area contributed by atoms with Crippen molar-refractivity contribution in [3.63, 3.8) is 0 Å². The zero-order chi connectivity index (χ0) is 22.9. The number of carbonyl (C=O) groups is 1. The predicted octanol–water partition coefficient (Wildman–Crippen LogP) is 5.36. The summed E-state index contributed by atoms with van der Waals surface area (Å²) in [6, 6.07) is 11.1. The molecule has 33 heavy (non-hydrogen) atoms. The van der Waals surface area contributed by atoms with Gasteiger partial charge in [-0.1, -0.05) is 5.16 Å². The first-order valence-corrected chi connectivity index (χ1v) is 11.7. The second-order valence-electron chi connectivity index (χ2n) is 9.12. The van der Waals surface area contributed by atoms with Gasteiger partial charge < -0.3 is 14.0 Å². The third-order valence-electron chi connectivity index (χ3n) is 7.12. The summed E-state index contributed by atoms with van der Waals surface area (Å²) in [7, 11) is 1.59. The van der Waals surface area contributed by atoms with E-state index in [9.17, 15) is 9.18 Å². The monoisotopic (exact) mass is 452 g/mol. The van der Waals surface area contributed by atoms with E-state index < -0.39 is 0 Å². The van der Waals surface area contributed by atoms with Gasteiger partial charge in [0.25, 0.3) is 0 Å². The normalized spacial score (nSPS) is 22.6. The second-order valence-corrected chi connectivity index (χ2v) is 9.12. The van der Waals surface area contributed by atoms with E-state index in [-0.39, 0.29) is 11.6 Å². The summed E-state index contributed by atoms with van der Waals surface area (Å²) < 4.78 is 30.3. The number of methoxy groups -OCH3 is 1. The highest BCUT2D eigenvalue weighted by molar-refractivity contribution is 5.94. The maximum atomic E-state index is 13.5. The van der Waals surface area contributed by atoms with Crippen LogP contribution in [0.2, 0.25) is 0 Å². The molecule has 2 aliphatic heterocycles. The van der Waals surface area contributed by atoms with Gasteiger partial charge in [-0.05, 0) is 69.4 Å². The highest BCUT2D eigenvalue weighted by Crippen LogP contribution is 2.44. The highest BCUT2D eigenvalue weighted by Gasteiger charge is 2.41. The van der Waals surface area contributed by atoms with Crippen molar-refractivity contribution in [2.45, 2.75) is 57.0 Å². The molecule has 174 valence electrons. The maximum absolute atomic E-state index is 13.5. The van der Waals surface area contributed by atoms with Crippen LogP contribution in [0.4, 0.5) is 4.39 Å². The van der Waals surface area contributed by atoms with Crippen molar-refractivity contribution in [1.29, 1.82) is 0 Å². The van der Waals surface area contributed by atoms with Crippen molar-refractivity contribution in [2.24, 2.45) is 0 Å². The Morgan fingerprint density at radius 1 is 1.15 bits per heavy atom. The molecule has 3 heterocycles. The molecular weight excluding hydrogens is 423 g/mol. The summed E-state index contributed by atoms with van der Waals surface area (Å²) in [5.41, 5.74) is 2.12. The van der Waals surface area contributed by atoms with Crippen molar-refractivity contribution in [1.82, 2.24) is 10.1 Å². The fourth-order valence-corrected chi connectivity index (χ4v) is 5.52. The molecule has 0 amide bonds. The van der Waals surface area contributed by atoms with Gasteiger partial charge in [-0.15, -0.1) is 0 Å². The van der Waals surface area contributed by atoms with Crippen molar-refractivity contribution in [2.75, 3.05) is 20.3 Å². The van der Waals surface area contributed by atoms with Crippen LogP contribution in [0.25, 0.3) is 11.0 Å². The molecule has 0 spiro atoms. The average molecular weight is 453 g/mol. The number of carbonyl (C=O) groups excluding carboxylic acids is 1. The summed E-state index contributed by atoms with van der Waals surface area (Å²) in [5, 5.41) is 5.25. The van der Waals surface area contributed by atoms with E-state index in [1.807, 2.05) is 0 Å². The Morgan fingerprint density at radius 2 is 1.94 bits per heavy atom. The highest BCUT2D eigenvalue weighted by atomic mass is 19.1. The van der Waals surface area contributed by atoms with E-state index in [0.717, 1.165) is 36.9 Å². The molecule has 2 aliphatic rings. The smallest absolute Gasteiger partial charge is 0.170 e. The minimum Gasteiger partial charge on any atom is -0.493 e. The Morgan fingerprint density at radius 3 is 2.67 bits per heavy atom. The summed E-state index contributed by atoms with van der Waals surface area (Å²) in [4.78, 5) is 14.2. The number of Topliss-reactive ketones (excluding diaryl/α,β-unsaturated/α-hetero) is 1. The molecule has 0 N–H and O–H groups in total. The first kappa shape index (κ1) is 21.9. The van der Waals surface area contributed by atoms with Gasteiger partial charge in [0.1, 0.15) is 5.82 Å². The number of aromatic nitrogens is 1. The van der Waals surface area contributed by atoms with E-state index >= 15 is 0 Å². The van der Waals surface area contributed by atoms with Crippen LogP contribution in [0.3, 0.4) is 0 Å². The standard InChI is InChI=1S/C26H29FN2O4/c1-16(30)17-4-9-23(25(14-17)31-2)32-11-3-10-29-20-6-7-21(29)13-18(12-20)26-22-8-5-19(27)15-24(22)33-28-26/h4-5,8-9,14-15,18,20-21H,3,6-7,10-13H2,1-2H3. The molecule has 2 fully saturated rings. The molecule has 2 bridgehead atoms. The van der Waals surface area contributed by atoms with Crippen LogP contribution in [0.15, 0.2) is 40.9 Å². The molecule has 5 rings (SSSR count). The molecule has 0 aliphatic carbocycles. The molecule has 3 aromatic rings. The van der Waals surface area contributed by atoms with Crippen LogP contribution < -0.4 is 9.47 Å². The van der Waals surface area contributed by atoms with E-state index in [1.54, 1.807) is 31.4 Å². The van der Waals surface area contributed by atoms with Gasteiger partial charge in [-0.25, -0.2) is 4.39 Å². The van der Waals surface area contributed by atoms with Gasteiger partial charge in [-0.3, -0.25) is 9.69 Å². The van der Waals surface area contributed by atoms with Gasteiger partial charge in [0.15, 0.2) is 22.9 Å². The lowest BCUT2D eigenvalue weighted by molar-refractivity contribution is 0.101. The Bertz CT molecular complexity index is 1150. The van der Waals surface area contributed by atoms with Crippen LogP contribution in [0.1, 0.15) is 61.0 Å². The third-order valence-corrected chi connectivity index (χ3v) is 7.12. The SMILES string of the molecule is COc1cc(C(C)=O)ccc1OCCCN1C2CCC1CC(c1noc3cc(F)ccc13)C2. The minimum atomic E-state index is -0.297. The molecule has 2 saturated heterocycles. The number of rotatable bonds is 8. The molecular formula is C26H29FN2O4. The van der Waals surface area contributed by atoms with Crippen LogP contribution >= 0.6 is 0 Å². The summed E-state index contributed by atoms with van der Waals surface area (Å²) >= 11 is 0. The van der Waals surface area contributed by atoms with E-state index in [4.69, 9.17) is 14.0 Å². The van der Waals surface area contributed by atoms with Gasteiger partial charge >= 0.3 is 0 Å². The van der Waals surface area contributed by atoms with E-state index in [2.05, 4.69) is 10.1 Å². The van der Waals surface area contributed by atoms with Crippen LogP contribution in [0.5, 0.6) is 11.5 Å². The average Bonchev–Trinajstić information content (AvgIpc) is 3.33. The number of hydrogen-bond donors (Lipinski definition) is 0. The number of ketones is 1. The first-order valence-electron chi connectivity index (χ1n) is 11.7. The molecule has 0 radical (unpaired) electrons. The fourth-order valence-electron chi connectivity index (χ4n) is 5.52. The molecule has 2 unspecified atom stereocenters. The van der Waals surface area contributed by atoms with Crippen molar-refractivity contribution < 1.29 is 23.2 Å². The quantitative estimate of drug-likeness (QED) is 0.339. The Hall–Kier alpha value is -2.93. The van der Waals surface area contributed by atoms with Gasteiger partial charge in [-0.2, -0.15) is 0 Å². The maximum Gasteiger partial charge on any atom is 0.170 e. The summed E-state index contributed by atoms with van der Waals surface area (Å²) in [5.74, 6) is 1.31. The Kier molecular flexibility index (Phi) is 6.06. The van der Waals surface area contributed by atoms with Gasteiger partial charge in [0.2, 0.25) is 0 Å². The minimum absolute atomic E-state index is 0.00418. The molecule has 0 saturated carbocycles. The van der Waals surface area contributed by atoms with Crippen LogP contribution in [-0.2, 0) is 0 Å². The number of fused-ring (bicyclic) bond motifs is 3. The van der Waals surface area contributed by atoms with E-state index in [0.29, 0.717) is 47.3 Å². The molecule has 6 nitrogen and oxygen atoms in total. The van der Waals surface area contributed by atoms with Crippen molar-refractivity contribution >= 4 is 16.8 Å². The topological polar surface area (TPSA) is 64.8 Å². The molecule has 1 aromatic heterocycles. The Balaban J connectivity index is 1.17. The van der Waals surface area contributed by atoms with Gasteiger partial charge in [0, 0.05) is 41.6 Å². The number of halogens is 1. The fraction of sp³-hybridized carbons (Fsp3) is 0.462. The van der Waals surface area contributed by atoms with Crippen molar-refractivity contribution in [3.8, 4) is 11.5 Å². The lowest BCUT2D eigenvalue weighted by Crippen LogP contribution is -2.43. The number of benzene rings is 2. The lowest BCUT2D eigenvalue weighted by Gasteiger charge is -2.38. The zero-order valence-corrected chi connectivity index (χ0v) is 19.1. The first-order chi connectivity index (χ1) is 16.0. The number of ether oxygens (including phenoxy) is 2. The molecule has 7 heteroatoms. The number of hydrogen-bond acceptors (Lipinski definition) is 6. The zero-order valence-electron chi connectivity index (χ0n) is 19.1.